The predicted octanol–water partition coefficient (Wildman–Crippen LogP) is 1.43. The van der Waals surface area contributed by atoms with Gasteiger partial charge < -0.3 is 29.2 Å². The third kappa shape index (κ3) is 4.73. The molecule has 3 heterocycles. The van der Waals surface area contributed by atoms with Crippen LogP contribution in [0, 0.1) is 5.92 Å². The average Bonchev–Trinajstić information content (AvgIpc) is 3.15. The molecule has 4 atom stereocenters. The van der Waals surface area contributed by atoms with Crippen LogP contribution in [0.15, 0.2) is 34.6 Å². The summed E-state index contributed by atoms with van der Waals surface area (Å²) in [6.07, 6.45) is 2.95. The summed E-state index contributed by atoms with van der Waals surface area (Å²) in [5.74, 6) is -3.70. The Bertz CT molecular complexity index is 883. The van der Waals surface area contributed by atoms with Crippen LogP contribution in [0.25, 0.3) is 0 Å². The average molecular weight is 436 g/mol. The van der Waals surface area contributed by atoms with E-state index < -0.39 is 41.3 Å². The molecular weight excluding hydrogens is 408 g/mol. The third-order valence-corrected chi connectivity index (χ3v) is 5.91. The molecule has 0 saturated carbocycles. The zero-order valence-corrected chi connectivity index (χ0v) is 18.1. The van der Waals surface area contributed by atoms with E-state index in [0.29, 0.717) is 18.4 Å². The van der Waals surface area contributed by atoms with Crippen LogP contribution < -0.4 is 0 Å². The highest BCUT2D eigenvalue weighted by Crippen LogP contribution is 2.47. The lowest BCUT2D eigenvalue weighted by Gasteiger charge is -2.33. The normalized spacial score (nSPS) is 34.7. The number of carbonyl (C=O) groups is 3. The first-order valence-electron chi connectivity index (χ1n) is 10.2. The van der Waals surface area contributed by atoms with Crippen LogP contribution in [-0.4, -0.2) is 58.8 Å². The van der Waals surface area contributed by atoms with Crippen molar-refractivity contribution >= 4 is 17.9 Å². The molecule has 0 aliphatic carbocycles. The zero-order chi connectivity index (χ0) is 23.0. The Balaban J connectivity index is 2.10. The maximum atomic E-state index is 12.6. The molecule has 0 spiro atoms. The largest absolute Gasteiger partial charge is 0.461 e. The minimum Gasteiger partial charge on any atom is -0.461 e. The smallest absolute Gasteiger partial charge is 0.343 e. The van der Waals surface area contributed by atoms with E-state index in [9.17, 15) is 19.5 Å². The van der Waals surface area contributed by atoms with Crippen molar-refractivity contribution in [3.8, 4) is 0 Å². The van der Waals surface area contributed by atoms with E-state index >= 15 is 0 Å². The Labute approximate surface area is 180 Å². The van der Waals surface area contributed by atoms with Gasteiger partial charge in [0.2, 0.25) is 0 Å². The van der Waals surface area contributed by atoms with E-state index in [1.54, 1.807) is 19.9 Å². The molecule has 3 aliphatic rings. The number of ether oxygens (including phenoxy) is 4. The van der Waals surface area contributed by atoms with Crippen molar-refractivity contribution in [2.24, 2.45) is 5.92 Å². The second-order valence-electron chi connectivity index (χ2n) is 8.43. The molecule has 0 aromatic carbocycles. The van der Waals surface area contributed by atoms with Gasteiger partial charge in [0.15, 0.2) is 5.79 Å². The molecule has 3 rings (SSSR count). The van der Waals surface area contributed by atoms with E-state index in [0.717, 1.165) is 0 Å². The highest BCUT2D eigenvalue weighted by Gasteiger charge is 2.52. The molecule has 170 valence electrons. The van der Waals surface area contributed by atoms with Gasteiger partial charge in [0.05, 0.1) is 17.8 Å². The number of rotatable bonds is 5. The molecule has 0 radical (unpaired) electrons. The van der Waals surface area contributed by atoms with Crippen LogP contribution in [0.4, 0.5) is 0 Å². The number of esters is 3. The molecule has 9 heteroatoms. The topological polar surface area (TPSA) is 129 Å². The molecule has 3 aliphatic heterocycles. The van der Waals surface area contributed by atoms with Crippen molar-refractivity contribution in [2.75, 3.05) is 13.2 Å². The molecule has 4 unspecified atom stereocenters. The molecule has 31 heavy (non-hydrogen) atoms. The van der Waals surface area contributed by atoms with Crippen molar-refractivity contribution in [3.63, 3.8) is 0 Å². The number of hydrogen-bond acceptors (Lipinski definition) is 9. The number of carbonyl (C=O) groups excluding carboxylic acids is 3. The molecule has 2 bridgehead atoms. The Kier molecular flexibility index (Phi) is 6.40. The van der Waals surface area contributed by atoms with Crippen molar-refractivity contribution in [1.82, 2.24) is 0 Å². The van der Waals surface area contributed by atoms with Crippen LogP contribution in [-0.2, 0) is 33.3 Å². The lowest BCUT2D eigenvalue weighted by molar-refractivity contribution is -0.238. The van der Waals surface area contributed by atoms with Gasteiger partial charge in [-0.05, 0) is 38.8 Å². The Morgan fingerprint density at radius 3 is 2.68 bits per heavy atom. The predicted molar refractivity (Wildman–Crippen MR) is 106 cm³/mol. The minimum atomic E-state index is -1.44. The fourth-order valence-electron chi connectivity index (χ4n) is 4.08. The van der Waals surface area contributed by atoms with Crippen LogP contribution in [0.2, 0.25) is 0 Å². The van der Waals surface area contributed by atoms with E-state index in [1.165, 1.54) is 19.9 Å². The van der Waals surface area contributed by atoms with E-state index in [-0.39, 0.29) is 36.5 Å². The second kappa shape index (κ2) is 8.57. The van der Waals surface area contributed by atoms with Gasteiger partial charge in [-0.2, -0.15) is 0 Å². The molecule has 0 amide bonds. The summed E-state index contributed by atoms with van der Waals surface area (Å²) in [6, 6.07) is 0. The van der Waals surface area contributed by atoms with Gasteiger partial charge >= 0.3 is 17.9 Å². The SMILES string of the molecule is CC(=O)OCC1=C2/C(=C\C3(C)CCC(O)(O3)C(C)CC2OC(=O)C(C)=CCO)OC1=O. The Morgan fingerprint density at radius 1 is 1.32 bits per heavy atom. The first-order valence-corrected chi connectivity index (χ1v) is 10.2. The summed E-state index contributed by atoms with van der Waals surface area (Å²) >= 11 is 0. The zero-order valence-electron chi connectivity index (χ0n) is 18.1. The molecule has 1 saturated heterocycles. The highest BCUT2D eigenvalue weighted by atomic mass is 16.6. The molecule has 0 aromatic heterocycles. The first-order chi connectivity index (χ1) is 14.5. The van der Waals surface area contributed by atoms with Crippen molar-refractivity contribution in [3.05, 3.63) is 34.6 Å². The maximum Gasteiger partial charge on any atom is 0.343 e. The van der Waals surface area contributed by atoms with E-state index in [2.05, 4.69) is 0 Å². The monoisotopic (exact) mass is 436 g/mol. The second-order valence-corrected chi connectivity index (χ2v) is 8.43. The number of hydrogen-bond donors (Lipinski definition) is 2. The summed E-state index contributed by atoms with van der Waals surface area (Å²) in [5.41, 5.74) is -0.337. The highest BCUT2D eigenvalue weighted by molar-refractivity contribution is 5.96. The number of aliphatic hydroxyl groups excluding tert-OH is 1. The molecule has 0 aromatic rings. The van der Waals surface area contributed by atoms with Crippen molar-refractivity contribution in [1.29, 1.82) is 0 Å². The van der Waals surface area contributed by atoms with Gasteiger partial charge in [0, 0.05) is 30.4 Å². The summed E-state index contributed by atoms with van der Waals surface area (Å²) < 4.78 is 22.2. The van der Waals surface area contributed by atoms with Gasteiger partial charge in [0.25, 0.3) is 0 Å². The minimum absolute atomic E-state index is 0.0728. The first kappa shape index (κ1) is 23.2. The van der Waals surface area contributed by atoms with Gasteiger partial charge in [-0.3, -0.25) is 4.79 Å². The number of aliphatic hydroxyl groups is 2. The number of fused-ring (bicyclic) bond motifs is 3. The lowest BCUT2D eigenvalue weighted by atomic mass is 9.86. The van der Waals surface area contributed by atoms with E-state index in [1.807, 2.05) is 0 Å². The fourth-order valence-corrected chi connectivity index (χ4v) is 4.08. The standard InChI is InChI=1S/C22H28O9/c1-12(5-8-23)19(25)29-16-9-13(2)22(27)7-6-21(4,31-22)10-17-18(16)15(20(26)30-17)11-28-14(3)24/h5,10,13,16,23,27H,6-9,11H2,1-4H3/b12-5?,17-10+. The summed E-state index contributed by atoms with van der Waals surface area (Å²) in [6.45, 7) is 5.60. The van der Waals surface area contributed by atoms with E-state index in [4.69, 9.17) is 24.1 Å². The molecule has 1 fully saturated rings. The quantitative estimate of drug-likeness (QED) is 0.374. The van der Waals surface area contributed by atoms with Gasteiger partial charge in [-0.15, -0.1) is 0 Å². The Hall–Kier alpha value is -2.49. The Morgan fingerprint density at radius 2 is 2.03 bits per heavy atom. The molecular formula is C22H28O9. The van der Waals surface area contributed by atoms with Crippen LogP contribution in [0.3, 0.4) is 0 Å². The lowest BCUT2D eigenvalue weighted by Crippen LogP contribution is -2.40. The van der Waals surface area contributed by atoms with Crippen LogP contribution in [0.1, 0.15) is 47.0 Å². The van der Waals surface area contributed by atoms with Crippen molar-refractivity contribution in [2.45, 2.75) is 64.4 Å². The van der Waals surface area contributed by atoms with Crippen LogP contribution >= 0.6 is 0 Å². The summed E-state index contributed by atoms with van der Waals surface area (Å²) in [5, 5.41) is 20.1. The summed E-state index contributed by atoms with van der Waals surface area (Å²) in [4.78, 5) is 36.5. The van der Waals surface area contributed by atoms with Gasteiger partial charge in [-0.25, -0.2) is 9.59 Å². The van der Waals surface area contributed by atoms with Gasteiger partial charge in [-0.1, -0.05) is 6.92 Å². The van der Waals surface area contributed by atoms with Gasteiger partial charge in [0.1, 0.15) is 18.5 Å². The third-order valence-electron chi connectivity index (χ3n) is 5.91. The molecule has 9 nitrogen and oxygen atoms in total. The molecule has 2 N–H and O–H groups in total. The van der Waals surface area contributed by atoms with Crippen molar-refractivity contribution < 1.29 is 43.5 Å². The maximum absolute atomic E-state index is 12.6. The fraction of sp³-hybridized carbons (Fsp3) is 0.591. The summed E-state index contributed by atoms with van der Waals surface area (Å²) in [7, 11) is 0. The van der Waals surface area contributed by atoms with Crippen LogP contribution in [0.5, 0.6) is 0 Å².